The Kier molecular flexibility index (Phi) is 12.1. The maximum Gasteiger partial charge on any atom is 0.264 e. The Labute approximate surface area is 267 Å². The molecule has 10 nitrogen and oxygen atoms in total. The number of carbonyl (C=O) groups excluding carboxylic acids is 3. The van der Waals surface area contributed by atoms with Gasteiger partial charge in [0.15, 0.2) is 0 Å². The fraction of sp³-hybridized carbons (Fsp3) is 0.485. The van der Waals surface area contributed by atoms with Crippen LogP contribution in [0.15, 0.2) is 65.1 Å². The average Bonchev–Trinajstić information content (AvgIpc) is 2.94. The first-order chi connectivity index (χ1) is 20.6. The van der Waals surface area contributed by atoms with E-state index in [0.29, 0.717) is 0 Å². The second-order valence-electron chi connectivity index (χ2n) is 13.3. The summed E-state index contributed by atoms with van der Waals surface area (Å²) in [4.78, 5) is 41.7. The number of hydrogen-bond donors (Lipinski definition) is 4. The summed E-state index contributed by atoms with van der Waals surface area (Å²) in [6.07, 6.45) is 1.51. The number of anilines is 1. The van der Waals surface area contributed by atoms with Gasteiger partial charge in [-0.25, -0.2) is 17.5 Å². The molecule has 0 aliphatic carbocycles. The van der Waals surface area contributed by atoms with Crippen LogP contribution in [0.5, 0.6) is 0 Å². The molecule has 0 aliphatic heterocycles. The smallest absolute Gasteiger partial charge is 0.264 e. The van der Waals surface area contributed by atoms with E-state index in [-0.39, 0.29) is 29.0 Å². The molecular weight excluding hydrogens is 597 g/mol. The number of halogens is 1. The highest BCUT2D eigenvalue weighted by Crippen LogP contribution is 2.29. The molecule has 0 saturated carbocycles. The molecule has 2 rings (SSSR count). The van der Waals surface area contributed by atoms with Crippen LogP contribution in [-0.4, -0.2) is 63.3 Å². The van der Waals surface area contributed by atoms with Crippen LogP contribution in [0.4, 0.5) is 10.1 Å². The minimum Gasteiger partial charge on any atom is -0.396 e. The van der Waals surface area contributed by atoms with Crippen LogP contribution in [0.2, 0.25) is 0 Å². The van der Waals surface area contributed by atoms with Crippen molar-refractivity contribution in [2.75, 3.05) is 19.8 Å². The number of benzene rings is 2. The number of nitrogens with zero attached hydrogens (tertiary/aromatic N) is 1. The Morgan fingerprint density at radius 2 is 1.56 bits per heavy atom. The Bertz CT molecular complexity index is 1520. The fourth-order valence-corrected chi connectivity index (χ4v) is 6.13. The summed E-state index contributed by atoms with van der Waals surface area (Å²) in [6.45, 7) is 14.6. The lowest BCUT2D eigenvalue weighted by Gasteiger charge is -2.40. The number of nitrogens with two attached hydrogens (primary N) is 1. The van der Waals surface area contributed by atoms with Gasteiger partial charge >= 0.3 is 0 Å². The highest BCUT2D eigenvalue weighted by molar-refractivity contribution is 7.90. The number of nitrogens with one attached hydrogen (secondary N) is 3. The molecule has 0 heterocycles. The van der Waals surface area contributed by atoms with Crippen LogP contribution in [0.1, 0.15) is 61.0 Å². The van der Waals surface area contributed by atoms with Gasteiger partial charge in [-0.2, -0.15) is 0 Å². The van der Waals surface area contributed by atoms with E-state index < -0.39 is 55.6 Å². The molecule has 3 amide bonds. The van der Waals surface area contributed by atoms with E-state index in [4.69, 9.17) is 5.73 Å². The van der Waals surface area contributed by atoms with Crippen LogP contribution in [0, 0.1) is 17.2 Å². The first kappa shape index (κ1) is 37.4. The van der Waals surface area contributed by atoms with Gasteiger partial charge in [0.05, 0.1) is 22.7 Å². The van der Waals surface area contributed by atoms with Gasteiger partial charge in [-0.15, -0.1) is 0 Å². The molecule has 0 aliphatic rings. The van der Waals surface area contributed by atoms with Crippen molar-refractivity contribution < 1.29 is 27.2 Å². The van der Waals surface area contributed by atoms with Gasteiger partial charge in [0.1, 0.15) is 11.9 Å². The number of amides is 3. The van der Waals surface area contributed by atoms with Crippen molar-refractivity contribution in [1.29, 1.82) is 0 Å². The standard InChI is InChI=1S/C33H48FN5O5S/c1-20(2)26(18-21(3)29(40)38-45(43,44)23-16-17-25(35)24(34)19-23)39(10)31(42)28(32(4,5)6)37-30(41)27(36-9)33(7,8)22-14-12-11-13-15-22/h11-20,26-28,36H,35H2,1-10H3,(H,37,41)(H,38,40)/t26-,27-,28-/m1/s1. The summed E-state index contributed by atoms with van der Waals surface area (Å²) in [5, 5.41) is 6.09. The van der Waals surface area contributed by atoms with Gasteiger partial charge < -0.3 is 21.3 Å². The van der Waals surface area contributed by atoms with Crippen LogP contribution in [-0.2, 0) is 29.8 Å². The second kappa shape index (κ2) is 14.6. The van der Waals surface area contributed by atoms with E-state index in [1.807, 2.05) is 83.5 Å². The highest BCUT2D eigenvalue weighted by atomic mass is 32.2. The third-order valence-electron chi connectivity index (χ3n) is 7.96. The minimum atomic E-state index is -4.40. The molecule has 2 aromatic rings. The summed E-state index contributed by atoms with van der Waals surface area (Å²) < 4.78 is 41.3. The molecule has 248 valence electrons. The van der Waals surface area contributed by atoms with Crippen LogP contribution in [0.25, 0.3) is 0 Å². The third kappa shape index (κ3) is 9.13. The van der Waals surface area contributed by atoms with Gasteiger partial charge in [0.2, 0.25) is 11.8 Å². The largest absolute Gasteiger partial charge is 0.396 e. The topological polar surface area (TPSA) is 151 Å². The maximum absolute atomic E-state index is 14.0. The lowest BCUT2D eigenvalue weighted by molar-refractivity contribution is -0.140. The van der Waals surface area contributed by atoms with E-state index in [2.05, 4.69) is 10.6 Å². The van der Waals surface area contributed by atoms with E-state index in [9.17, 15) is 27.2 Å². The van der Waals surface area contributed by atoms with Crippen LogP contribution < -0.4 is 21.1 Å². The molecule has 0 saturated heterocycles. The molecule has 5 N–H and O–H groups in total. The van der Waals surface area contributed by atoms with E-state index in [0.717, 1.165) is 23.8 Å². The van der Waals surface area contributed by atoms with E-state index >= 15 is 0 Å². The fourth-order valence-electron chi connectivity index (χ4n) is 5.10. The van der Waals surface area contributed by atoms with Crippen molar-refractivity contribution in [1.82, 2.24) is 20.3 Å². The predicted octanol–water partition coefficient (Wildman–Crippen LogP) is 3.74. The first-order valence-electron chi connectivity index (χ1n) is 14.8. The van der Waals surface area contributed by atoms with Gasteiger partial charge in [-0.05, 0) is 49.1 Å². The molecule has 45 heavy (non-hydrogen) atoms. The minimum absolute atomic E-state index is 0.0315. The number of hydrogen-bond acceptors (Lipinski definition) is 7. The summed E-state index contributed by atoms with van der Waals surface area (Å²) in [7, 11) is -1.11. The Balaban J connectivity index is 2.34. The molecule has 0 bridgehead atoms. The van der Waals surface area contributed by atoms with Crippen molar-refractivity contribution in [2.45, 2.75) is 83.8 Å². The van der Waals surface area contributed by atoms with Crippen molar-refractivity contribution in [3.63, 3.8) is 0 Å². The van der Waals surface area contributed by atoms with Crippen LogP contribution in [0.3, 0.4) is 0 Å². The number of likely N-dealkylation sites (N-methyl/N-ethyl adjacent to an activating group) is 2. The average molecular weight is 646 g/mol. The molecule has 2 aromatic carbocycles. The zero-order valence-corrected chi connectivity index (χ0v) is 28.7. The van der Waals surface area contributed by atoms with Crippen molar-refractivity contribution in [2.24, 2.45) is 11.3 Å². The number of nitrogen functional groups attached to an aromatic ring is 1. The second-order valence-corrected chi connectivity index (χ2v) is 15.0. The monoisotopic (exact) mass is 645 g/mol. The molecule has 0 spiro atoms. The summed E-state index contributed by atoms with van der Waals surface area (Å²) >= 11 is 0. The zero-order valence-electron chi connectivity index (χ0n) is 27.9. The molecule has 0 radical (unpaired) electrons. The number of carbonyl (C=O) groups is 3. The lowest BCUT2D eigenvalue weighted by atomic mass is 9.76. The normalized spacial score (nSPS) is 14.8. The van der Waals surface area contributed by atoms with E-state index in [1.165, 1.54) is 17.9 Å². The predicted molar refractivity (Wildman–Crippen MR) is 175 cm³/mol. The molecule has 0 aromatic heterocycles. The summed E-state index contributed by atoms with van der Waals surface area (Å²) in [6, 6.07) is 10.3. The van der Waals surface area contributed by atoms with Crippen LogP contribution >= 0.6 is 0 Å². The van der Waals surface area contributed by atoms with Gasteiger partial charge in [0, 0.05) is 18.0 Å². The van der Waals surface area contributed by atoms with Gasteiger partial charge in [-0.3, -0.25) is 14.4 Å². The number of sulfonamides is 1. The maximum atomic E-state index is 14.0. The van der Waals surface area contributed by atoms with Crippen molar-refractivity contribution >= 4 is 33.4 Å². The number of rotatable bonds is 12. The molecular formula is C33H48FN5O5S. The Hall–Kier alpha value is -3.77. The third-order valence-corrected chi connectivity index (χ3v) is 9.28. The zero-order chi connectivity index (χ0) is 34.5. The van der Waals surface area contributed by atoms with Gasteiger partial charge in [0.25, 0.3) is 15.9 Å². The Morgan fingerprint density at radius 3 is 2.04 bits per heavy atom. The lowest BCUT2D eigenvalue weighted by Crippen LogP contribution is -2.61. The molecule has 0 fully saturated rings. The van der Waals surface area contributed by atoms with Gasteiger partial charge in [-0.1, -0.05) is 84.9 Å². The molecule has 0 unspecified atom stereocenters. The first-order valence-corrected chi connectivity index (χ1v) is 16.2. The summed E-state index contributed by atoms with van der Waals surface area (Å²) in [5.74, 6) is -2.77. The Morgan fingerprint density at radius 1 is 0.978 bits per heavy atom. The SMILES string of the molecule is CN[C@H](C(=O)N[C@H](C(=O)N(C)[C@H](C=C(C)C(=O)NS(=O)(=O)c1ccc(N)c(F)c1)C(C)C)C(C)(C)C)C(C)(C)c1ccccc1. The van der Waals surface area contributed by atoms with E-state index in [1.54, 1.807) is 14.1 Å². The summed E-state index contributed by atoms with van der Waals surface area (Å²) in [5.41, 5.74) is 4.90. The molecule has 3 atom stereocenters. The molecule has 12 heteroatoms. The quantitative estimate of drug-likeness (QED) is 0.203. The van der Waals surface area contributed by atoms with Crippen molar-refractivity contribution in [3.8, 4) is 0 Å². The van der Waals surface area contributed by atoms with Crippen molar-refractivity contribution in [3.05, 3.63) is 71.6 Å². The highest BCUT2D eigenvalue weighted by Gasteiger charge is 2.41.